The van der Waals surface area contributed by atoms with Gasteiger partial charge < -0.3 is 9.94 Å². The van der Waals surface area contributed by atoms with Crippen molar-refractivity contribution >= 4 is 17.3 Å². The van der Waals surface area contributed by atoms with Gasteiger partial charge in [-0.2, -0.15) is 0 Å². The zero-order chi connectivity index (χ0) is 21.6. The number of rotatable bonds is 8. The molecule has 0 amide bonds. The smallest absolute Gasteiger partial charge is 0.145 e. The molecule has 4 nitrogen and oxygen atoms in total. The van der Waals surface area contributed by atoms with Crippen molar-refractivity contribution in [1.82, 2.24) is 4.90 Å². The average Bonchev–Trinajstić information content (AvgIpc) is 3.25. The summed E-state index contributed by atoms with van der Waals surface area (Å²) in [6, 6.07) is 23.6. The first-order valence-corrected chi connectivity index (χ1v) is 10.6. The van der Waals surface area contributed by atoms with E-state index >= 15 is 0 Å². The molecule has 0 bridgehead atoms. The lowest BCUT2D eigenvalue weighted by Gasteiger charge is -2.27. The van der Waals surface area contributed by atoms with E-state index in [1.165, 1.54) is 12.1 Å². The van der Waals surface area contributed by atoms with Crippen molar-refractivity contribution in [3.63, 3.8) is 0 Å². The standard InChI is InChI=1S/C25H24ClFN2O2/c26-21-10-8-19(9-11-21)24-14-23(31-28-24)16-29(15-18-6-12-22(27)13-7-18)17-25(30)20-4-2-1-3-5-20/h1-13,23,25,30H,14-17H2/t23-,25+/m0/s1. The van der Waals surface area contributed by atoms with Gasteiger partial charge in [0.15, 0.2) is 0 Å². The third kappa shape index (κ3) is 5.91. The van der Waals surface area contributed by atoms with Crippen LogP contribution in [0.15, 0.2) is 84.0 Å². The Bertz CT molecular complexity index is 1010. The molecule has 0 saturated heterocycles. The number of aliphatic hydroxyl groups is 1. The Morgan fingerprint density at radius 3 is 2.45 bits per heavy atom. The molecular weight excluding hydrogens is 415 g/mol. The molecule has 1 aliphatic rings. The van der Waals surface area contributed by atoms with E-state index in [0.717, 1.165) is 22.4 Å². The summed E-state index contributed by atoms with van der Waals surface area (Å²) in [7, 11) is 0. The Kier molecular flexibility index (Phi) is 6.97. The SMILES string of the molecule is O[C@H](CN(Cc1ccc(F)cc1)C[C@@H]1CC(c2ccc(Cl)cc2)=NO1)c1ccccc1. The molecule has 160 valence electrons. The average molecular weight is 439 g/mol. The van der Waals surface area contributed by atoms with E-state index in [0.29, 0.717) is 31.1 Å². The van der Waals surface area contributed by atoms with E-state index in [-0.39, 0.29) is 11.9 Å². The van der Waals surface area contributed by atoms with Crippen LogP contribution in [-0.2, 0) is 11.4 Å². The minimum absolute atomic E-state index is 0.130. The Balaban J connectivity index is 1.43. The van der Waals surface area contributed by atoms with Crippen molar-refractivity contribution in [1.29, 1.82) is 0 Å². The van der Waals surface area contributed by atoms with Gasteiger partial charge in [-0.25, -0.2) is 4.39 Å². The molecule has 2 atom stereocenters. The van der Waals surface area contributed by atoms with Crippen LogP contribution in [0.1, 0.15) is 29.2 Å². The molecule has 31 heavy (non-hydrogen) atoms. The van der Waals surface area contributed by atoms with Crippen LogP contribution in [0, 0.1) is 5.82 Å². The van der Waals surface area contributed by atoms with Gasteiger partial charge in [0.05, 0.1) is 11.8 Å². The molecule has 0 radical (unpaired) electrons. The van der Waals surface area contributed by atoms with Crippen molar-refractivity contribution in [2.75, 3.05) is 13.1 Å². The van der Waals surface area contributed by atoms with Crippen LogP contribution in [0.5, 0.6) is 0 Å². The molecule has 0 aromatic heterocycles. The molecule has 0 fully saturated rings. The molecule has 3 aromatic rings. The van der Waals surface area contributed by atoms with Gasteiger partial charge >= 0.3 is 0 Å². The lowest BCUT2D eigenvalue weighted by atomic mass is 10.0. The number of halogens is 2. The maximum Gasteiger partial charge on any atom is 0.145 e. The summed E-state index contributed by atoms with van der Waals surface area (Å²) >= 11 is 5.98. The Hall–Kier alpha value is -2.73. The molecule has 6 heteroatoms. The van der Waals surface area contributed by atoms with E-state index in [1.54, 1.807) is 12.1 Å². The van der Waals surface area contributed by atoms with Gasteiger partial charge in [-0.05, 0) is 41.0 Å². The summed E-state index contributed by atoms with van der Waals surface area (Å²) in [6.07, 6.45) is -0.1000. The highest BCUT2D eigenvalue weighted by atomic mass is 35.5. The Morgan fingerprint density at radius 1 is 1.03 bits per heavy atom. The van der Waals surface area contributed by atoms with Crippen LogP contribution in [0.3, 0.4) is 0 Å². The highest BCUT2D eigenvalue weighted by molar-refractivity contribution is 6.30. The van der Waals surface area contributed by atoms with Crippen LogP contribution in [0.4, 0.5) is 4.39 Å². The van der Waals surface area contributed by atoms with Crippen molar-refractivity contribution in [2.24, 2.45) is 5.16 Å². The van der Waals surface area contributed by atoms with Gasteiger partial charge in [0.25, 0.3) is 0 Å². The van der Waals surface area contributed by atoms with E-state index < -0.39 is 6.10 Å². The van der Waals surface area contributed by atoms with Gasteiger partial charge in [0.1, 0.15) is 11.9 Å². The fourth-order valence-corrected chi connectivity index (χ4v) is 3.83. The predicted molar refractivity (Wildman–Crippen MR) is 121 cm³/mol. The summed E-state index contributed by atoms with van der Waals surface area (Å²) in [5, 5.41) is 15.7. The van der Waals surface area contributed by atoms with Crippen LogP contribution in [0.25, 0.3) is 0 Å². The fraction of sp³-hybridized carbons (Fsp3) is 0.240. The van der Waals surface area contributed by atoms with Crippen molar-refractivity contribution in [2.45, 2.75) is 25.2 Å². The summed E-state index contributed by atoms with van der Waals surface area (Å²) in [4.78, 5) is 7.82. The summed E-state index contributed by atoms with van der Waals surface area (Å²) in [5.41, 5.74) is 3.70. The largest absolute Gasteiger partial charge is 0.390 e. The fourth-order valence-electron chi connectivity index (χ4n) is 3.70. The van der Waals surface area contributed by atoms with Crippen molar-refractivity contribution < 1.29 is 14.3 Å². The number of aliphatic hydroxyl groups excluding tert-OH is 1. The minimum Gasteiger partial charge on any atom is -0.390 e. The molecule has 1 heterocycles. The lowest BCUT2D eigenvalue weighted by Crippen LogP contribution is -2.35. The molecule has 1 N–H and O–H groups in total. The van der Waals surface area contributed by atoms with Gasteiger partial charge in [-0.1, -0.05) is 71.4 Å². The third-order valence-corrected chi connectivity index (χ3v) is 5.56. The van der Waals surface area contributed by atoms with E-state index in [9.17, 15) is 9.50 Å². The second-order valence-corrected chi connectivity index (χ2v) is 8.16. The van der Waals surface area contributed by atoms with Crippen LogP contribution in [-0.4, -0.2) is 34.9 Å². The lowest BCUT2D eigenvalue weighted by molar-refractivity contribution is 0.0318. The zero-order valence-electron chi connectivity index (χ0n) is 17.0. The molecule has 0 aliphatic carbocycles. The summed E-state index contributed by atoms with van der Waals surface area (Å²) in [5.74, 6) is -0.264. The minimum atomic E-state index is -0.639. The second-order valence-electron chi connectivity index (χ2n) is 7.72. The number of oxime groups is 1. The van der Waals surface area contributed by atoms with Crippen molar-refractivity contribution in [3.8, 4) is 0 Å². The van der Waals surface area contributed by atoms with Crippen LogP contribution >= 0.6 is 11.6 Å². The monoisotopic (exact) mass is 438 g/mol. The first-order valence-electron chi connectivity index (χ1n) is 10.3. The highest BCUT2D eigenvalue weighted by Crippen LogP contribution is 2.22. The predicted octanol–water partition coefficient (Wildman–Crippen LogP) is 5.21. The second kappa shape index (κ2) is 10.1. The molecule has 1 aliphatic heterocycles. The maximum atomic E-state index is 13.3. The first-order chi connectivity index (χ1) is 15.1. The first kappa shape index (κ1) is 21.5. The summed E-state index contributed by atoms with van der Waals surface area (Å²) < 4.78 is 13.3. The summed E-state index contributed by atoms with van der Waals surface area (Å²) in [6.45, 7) is 1.58. The number of hydrogen-bond acceptors (Lipinski definition) is 4. The Morgan fingerprint density at radius 2 is 1.74 bits per heavy atom. The highest BCUT2D eigenvalue weighted by Gasteiger charge is 2.26. The topological polar surface area (TPSA) is 45.1 Å². The maximum absolute atomic E-state index is 13.3. The zero-order valence-corrected chi connectivity index (χ0v) is 17.8. The molecule has 3 aromatic carbocycles. The van der Waals surface area contributed by atoms with Crippen LogP contribution < -0.4 is 0 Å². The molecular formula is C25H24ClFN2O2. The van der Waals surface area contributed by atoms with E-state index in [2.05, 4.69) is 10.1 Å². The number of hydrogen-bond donors (Lipinski definition) is 1. The van der Waals surface area contributed by atoms with Gasteiger partial charge in [-0.15, -0.1) is 0 Å². The number of nitrogens with zero attached hydrogens (tertiary/aromatic N) is 2. The molecule has 0 spiro atoms. The third-order valence-electron chi connectivity index (χ3n) is 5.31. The van der Waals surface area contributed by atoms with Crippen molar-refractivity contribution in [3.05, 3.63) is 106 Å². The quantitative estimate of drug-likeness (QED) is 0.525. The molecule has 0 saturated carbocycles. The Labute approximate surface area is 186 Å². The van der Waals surface area contributed by atoms with Crippen LogP contribution in [0.2, 0.25) is 5.02 Å². The molecule has 4 rings (SSSR count). The number of benzene rings is 3. The normalized spacial score (nSPS) is 16.8. The van der Waals surface area contributed by atoms with Gasteiger partial charge in [0, 0.05) is 31.1 Å². The van der Waals surface area contributed by atoms with E-state index in [4.69, 9.17) is 16.4 Å². The molecule has 0 unspecified atom stereocenters. The van der Waals surface area contributed by atoms with Gasteiger partial charge in [0.2, 0.25) is 0 Å². The van der Waals surface area contributed by atoms with Gasteiger partial charge in [-0.3, -0.25) is 4.90 Å². The van der Waals surface area contributed by atoms with E-state index in [1.807, 2.05) is 54.6 Å².